The minimum absolute atomic E-state index is 0.819. The molecule has 0 spiro atoms. The first-order chi connectivity index (χ1) is 10.1. The molecule has 0 amide bonds. The van der Waals surface area contributed by atoms with Crippen LogP contribution in [0.1, 0.15) is 36.5 Å². The highest BCUT2D eigenvalue weighted by Gasteiger charge is 2.06. The molecule has 2 aromatic rings. The molecule has 1 aromatic heterocycles. The minimum Gasteiger partial charge on any atom is -0.370 e. The van der Waals surface area contributed by atoms with Gasteiger partial charge < -0.3 is 10.6 Å². The van der Waals surface area contributed by atoms with Crippen molar-refractivity contribution in [2.24, 2.45) is 0 Å². The predicted molar refractivity (Wildman–Crippen MR) is 89.4 cm³/mol. The normalized spacial score (nSPS) is 10.5. The fourth-order valence-corrected chi connectivity index (χ4v) is 2.42. The van der Waals surface area contributed by atoms with Crippen LogP contribution in [0.25, 0.3) is 0 Å². The van der Waals surface area contributed by atoms with E-state index in [1.165, 1.54) is 23.1 Å². The molecule has 2 rings (SSSR count). The Morgan fingerprint density at radius 3 is 2.29 bits per heavy atom. The zero-order chi connectivity index (χ0) is 15.2. The maximum absolute atomic E-state index is 4.31. The molecule has 4 heteroatoms. The number of hydrogen-bond donors (Lipinski definition) is 2. The molecule has 21 heavy (non-hydrogen) atoms. The van der Waals surface area contributed by atoms with Crippen molar-refractivity contribution in [3.05, 3.63) is 41.2 Å². The van der Waals surface area contributed by atoms with Crippen molar-refractivity contribution in [3.8, 4) is 0 Å². The van der Waals surface area contributed by atoms with Crippen LogP contribution in [0.5, 0.6) is 0 Å². The third-order valence-corrected chi connectivity index (χ3v) is 3.43. The van der Waals surface area contributed by atoms with E-state index in [0.717, 1.165) is 30.3 Å². The highest BCUT2D eigenvalue weighted by molar-refractivity contribution is 5.66. The van der Waals surface area contributed by atoms with Gasteiger partial charge in [-0.3, -0.25) is 0 Å². The van der Waals surface area contributed by atoms with Crippen molar-refractivity contribution < 1.29 is 0 Å². The molecular weight excluding hydrogens is 260 g/mol. The van der Waals surface area contributed by atoms with E-state index in [2.05, 4.69) is 60.4 Å². The van der Waals surface area contributed by atoms with Gasteiger partial charge in [-0.1, -0.05) is 31.0 Å². The van der Waals surface area contributed by atoms with E-state index >= 15 is 0 Å². The zero-order valence-corrected chi connectivity index (χ0v) is 13.3. The van der Waals surface area contributed by atoms with E-state index in [1.54, 1.807) is 6.33 Å². The van der Waals surface area contributed by atoms with Gasteiger partial charge in [-0.15, -0.1) is 0 Å². The lowest BCUT2D eigenvalue weighted by atomic mass is 10.1. The fraction of sp³-hybridized carbons (Fsp3) is 0.412. The van der Waals surface area contributed by atoms with Crippen LogP contribution < -0.4 is 10.6 Å². The lowest BCUT2D eigenvalue weighted by Gasteiger charge is -2.14. The average molecular weight is 284 g/mol. The first-order valence-corrected chi connectivity index (χ1v) is 7.51. The van der Waals surface area contributed by atoms with Crippen molar-refractivity contribution in [3.63, 3.8) is 0 Å². The van der Waals surface area contributed by atoms with Crippen LogP contribution >= 0.6 is 0 Å². The fourth-order valence-electron chi connectivity index (χ4n) is 2.42. The van der Waals surface area contributed by atoms with Gasteiger partial charge in [-0.05, 0) is 38.3 Å². The van der Waals surface area contributed by atoms with Crippen molar-refractivity contribution >= 4 is 17.3 Å². The van der Waals surface area contributed by atoms with Crippen LogP contribution in [0.4, 0.5) is 17.3 Å². The van der Waals surface area contributed by atoms with E-state index in [9.17, 15) is 0 Å². The lowest BCUT2D eigenvalue weighted by Crippen LogP contribution is -2.05. The largest absolute Gasteiger partial charge is 0.370 e. The third kappa shape index (κ3) is 4.18. The summed E-state index contributed by atoms with van der Waals surface area (Å²) in [5.74, 6) is 1.68. The molecule has 2 N–H and O–H groups in total. The number of nitrogens with zero attached hydrogens (tertiary/aromatic N) is 2. The van der Waals surface area contributed by atoms with E-state index in [1.807, 2.05) is 6.07 Å². The number of benzene rings is 1. The summed E-state index contributed by atoms with van der Waals surface area (Å²) in [6.45, 7) is 9.46. The summed E-state index contributed by atoms with van der Waals surface area (Å²) in [5, 5.41) is 6.73. The number of anilines is 3. The Hall–Kier alpha value is -2.10. The SMILES string of the molecule is CCCCNc1cc(Nc2c(C)cc(C)cc2C)ncn1. The summed E-state index contributed by atoms with van der Waals surface area (Å²) in [5.41, 5.74) is 4.86. The third-order valence-electron chi connectivity index (χ3n) is 3.43. The van der Waals surface area contributed by atoms with Gasteiger partial charge in [0.1, 0.15) is 18.0 Å². The highest BCUT2D eigenvalue weighted by Crippen LogP contribution is 2.25. The number of hydrogen-bond acceptors (Lipinski definition) is 4. The Balaban J connectivity index is 2.15. The monoisotopic (exact) mass is 284 g/mol. The van der Waals surface area contributed by atoms with Crippen LogP contribution in [0.15, 0.2) is 24.5 Å². The number of unbranched alkanes of at least 4 members (excludes halogenated alkanes) is 1. The molecule has 0 saturated carbocycles. The van der Waals surface area contributed by atoms with Gasteiger partial charge in [0.25, 0.3) is 0 Å². The quantitative estimate of drug-likeness (QED) is 0.774. The molecule has 0 bridgehead atoms. The van der Waals surface area contributed by atoms with Crippen LogP contribution in [0.2, 0.25) is 0 Å². The highest BCUT2D eigenvalue weighted by atomic mass is 15.1. The van der Waals surface area contributed by atoms with Crippen LogP contribution in [-0.2, 0) is 0 Å². The van der Waals surface area contributed by atoms with E-state index in [-0.39, 0.29) is 0 Å². The van der Waals surface area contributed by atoms with Crippen molar-refractivity contribution in [2.75, 3.05) is 17.2 Å². The van der Waals surface area contributed by atoms with Gasteiger partial charge in [-0.25, -0.2) is 9.97 Å². The van der Waals surface area contributed by atoms with Crippen LogP contribution in [0.3, 0.4) is 0 Å². The molecule has 0 aliphatic heterocycles. The maximum Gasteiger partial charge on any atom is 0.135 e. The topological polar surface area (TPSA) is 49.8 Å². The first-order valence-electron chi connectivity index (χ1n) is 7.51. The van der Waals surface area contributed by atoms with Gasteiger partial charge in [0, 0.05) is 18.3 Å². The molecule has 0 saturated heterocycles. The second-order valence-corrected chi connectivity index (χ2v) is 5.47. The second-order valence-electron chi connectivity index (χ2n) is 5.47. The molecule has 0 radical (unpaired) electrons. The number of aryl methyl sites for hydroxylation is 3. The number of aromatic nitrogens is 2. The molecule has 0 fully saturated rings. The number of rotatable bonds is 6. The zero-order valence-electron chi connectivity index (χ0n) is 13.3. The van der Waals surface area contributed by atoms with Crippen LogP contribution in [0, 0.1) is 20.8 Å². The number of nitrogens with one attached hydrogen (secondary N) is 2. The Labute approximate surface area is 127 Å². The van der Waals surface area contributed by atoms with Gasteiger partial charge in [0.05, 0.1) is 0 Å². The Kier molecular flexibility index (Phi) is 5.14. The summed E-state index contributed by atoms with van der Waals surface area (Å²) in [4.78, 5) is 8.55. The van der Waals surface area contributed by atoms with Crippen LogP contribution in [-0.4, -0.2) is 16.5 Å². The predicted octanol–water partition coefficient (Wildman–Crippen LogP) is 4.36. The van der Waals surface area contributed by atoms with Crippen molar-refractivity contribution in [2.45, 2.75) is 40.5 Å². The summed E-state index contributed by atoms with van der Waals surface area (Å²) in [7, 11) is 0. The first kappa shape index (κ1) is 15.3. The summed E-state index contributed by atoms with van der Waals surface area (Å²) in [6, 6.07) is 6.31. The molecule has 0 aliphatic rings. The summed E-state index contributed by atoms with van der Waals surface area (Å²) < 4.78 is 0. The molecule has 1 heterocycles. The molecule has 112 valence electrons. The van der Waals surface area contributed by atoms with E-state index < -0.39 is 0 Å². The molecule has 0 aliphatic carbocycles. The Bertz CT molecular complexity index is 584. The summed E-state index contributed by atoms with van der Waals surface area (Å²) >= 11 is 0. The smallest absolute Gasteiger partial charge is 0.135 e. The maximum atomic E-state index is 4.31. The van der Waals surface area contributed by atoms with Gasteiger partial charge in [-0.2, -0.15) is 0 Å². The molecule has 4 nitrogen and oxygen atoms in total. The Morgan fingerprint density at radius 2 is 1.62 bits per heavy atom. The lowest BCUT2D eigenvalue weighted by molar-refractivity contribution is 0.830. The average Bonchev–Trinajstić information content (AvgIpc) is 2.44. The van der Waals surface area contributed by atoms with Gasteiger partial charge >= 0.3 is 0 Å². The van der Waals surface area contributed by atoms with Gasteiger partial charge in [0.15, 0.2) is 0 Å². The molecule has 1 aromatic carbocycles. The van der Waals surface area contributed by atoms with Crippen molar-refractivity contribution in [1.29, 1.82) is 0 Å². The summed E-state index contributed by atoms with van der Waals surface area (Å²) in [6.07, 6.45) is 3.91. The second kappa shape index (κ2) is 7.07. The molecular formula is C17H24N4. The minimum atomic E-state index is 0.819. The van der Waals surface area contributed by atoms with E-state index in [0.29, 0.717) is 0 Å². The van der Waals surface area contributed by atoms with E-state index in [4.69, 9.17) is 0 Å². The Morgan fingerprint density at radius 1 is 0.952 bits per heavy atom. The van der Waals surface area contributed by atoms with Crippen molar-refractivity contribution in [1.82, 2.24) is 9.97 Å². The standard InChI is InChI=1S/C17H24N4/c1-5-6-7-18-15-10-16(20-11-19-15)21-17-13(3)8-12(2)9-14(17)4/h8-11H,5-7H2,1-4H3,(H2,18,19,20,21). The molecule has 0 unspecified atom stereocenters. The van der Waals surface area contributed by atoms with Gasteiger partial charge in [0.2, 0.25) is 0 Å². The molecule has 0 atom stereocenters.